The van der Waals surface area contributed by atoms with Crippen LogP contribution in [0.25, 0.3) is 22.5 Å². The first kappa shape index (κ1) is 24.0. The van der Waals surface area contributed by atoms with Crippen LogP contribution in [0.15, 0.2) is 72.8 Å². The number of benzene rings is 3. The van der Waals surface area contributed by atoms with Crippen molar-refractivity contribution in [2.75, 3.05) is 13.7 Å². The van der Waals surface area contributed by atoms with Gasteiger partial charge < -0.3 is 14.6 Å². The first-order valence-corrected chi connectivity index (χ1v) is 11.3. The first-order chi connectivity index (χ1) is 16.9. The number of carbonyl (C=O) groups is 1. The summed E-state index contributed by atoms with van der Waals surface area (Å²) in [5.41, 5.74) is 4.64. The maximum atomic E-state index is 14.1. The summed E-state index contributed by atoms with van der Waals surface area (Å²) in [7, 11) is 1.62. The molecule has 0 amide bonds. The number of rotatable bonds is 9. The van der Waals surface area contributed by atoms with Crippen LogP contribution in [0.4, 0.5) is 4.39 Å². The molecule has 1 aromatic heterocycles. The maximum Gasteiger partial charge on any atom is 0.341 e. The molecule has 4 aromatic rings. The molecule has 4 rings (SSSR count). The molecular weight excluding hydrogens is 447 g/mol. The highest BCUT2D eigenvalue weighted by molar-refractivity contribution is 5.74. The molecule has 0 aliphatic rings. The molecule has 0 radical (unpaired) electrons. The van der Waals surface area contributed by atoms with Crippen molar-refractivity contribution in [2.24, 2.45) is 0 Å². The number of hydrogen-bond acceptors (Lipinski definition) is 4. The van der Waals surface area contributed by atoms with E-state index in [1.54, 1.807) is 23.9 Å². The van der Waals surface area contributed by atoms with Crippen LogP contribution in [0.3, 0.4) is 0 Å². The molecule has 0 saturated heterocycles. The monoisotopic (exact) mass is 474 g/mol. The van der Waals surface area contributed by atoms with Crippen molar-refractivity contribution in [3.8, 4) is 34.0 Å². The fraction of sp³-hybridized carbons (Fsp3) is 0.214. The summed E-state index contributed by atoms with van der Waals surface area (Å²) < 4.78 is 27.0. The van der Waals surface area contributed by atoms with Gasteiger partial charge in [-0.2, -0.15) is 5.10 Å². The van der Waals surface area contributed by atoms with Crippen molar-refractivity contribution in [3.05, 3.63) is 89.7 Å². The molecule has 0 bridgehead atoms. The lowest BCUT2D eigenvalue weighted by molar-refractivity contribution is -0.139. The van der Waals surface area contributed by atoms with Gasteiger partial charge in [-0.15, -0.1) is 0 Å². The summed E-state index contributed by atoms with van der Waals surface area (Å²) >= 11 is 0. The average molecular weight is 475 g/mol. The van der Waals surface area contributed by atoms with E-state index in [1.807, 2.05) is 48.5 Å². The summed E-state index contributed by atoms with van der Waals surface area (Å²) in [5.74, 6) is -0.0143. The van der Waals surface area contributed by atoms with E-state index in [-0.39, 0.29) is 11.7 Å². The predicted octanol–water partition coefficient (Wildman–Crippen LogP) is 6.00. The van der Waals surface area contributed by atoms with Gasteiger partial charge in [0.05, 0.1) is 25.0 Å². The predicted molar refractivity (Wildman–Crippen MR) is 132 cm³/mol. The normalized spacial score (nSPS) is 11.0. The SMILES string of the molecule is COc1ccccc1Cn1nc(-c2cc(C(C)C)ccc2OCC(=O)O)cc1-c1cccc(F)c1. The van der Waals surface area contributed by atoms with Crippen LogP contribution in [0.2, 0.25) is 0 Å². The topological polar surface area (TPSA) is 73.6 Å². The fourth-order valence-electron chi connectivity index (χ4n) is 3.92. The quantitative estimate of drug-likeness (QED) is 0.322. The molecular formula is C28H27FN2O4. The highest BCUT2D eigenvalue weighted by Crippen LogP contribution is 2.35. The van der Waals surface area contributed by atoms with Crippen LogP contribution >= 0.6 is 0 Å². The molecule has 1 heterocycles. The zero-order valence-electron chi connectivity index (χ0n) is 19.9. The lowest BCUT2D eigenvalue weighted by Crippen LogP contribution is -2.10. The van der Waals surface area contributed by atoms with Gasteiger partial charge in [-0.1, -0.05) is 50.2 Å². The zero-order valence-corrected chi connectivity index (χ0v) is 19.9. The van der Waals surface area contributed by atoms with Gasteiger partial charge in [-0.25, -0.2) is 9.18 Å². The number of carboxylic acids is 1. The molecule has 0 unspecified atom stereocenters. The van der Waals surface area contributed by atoms with Crippen molar-refractivity contribution in [2.45, 2.75) is 26.3 Å². The first-order valence-electron chi connectivity index (χ1n) is 11.3. The smallest absolute Gasteiger partial charge is 0.341 e. The molecule has 1 N–H and O–H groups in total. The standard InChI is InChI=1S/C28H27FN2O4/c1-18(2)19-11-12-27(35-17-28(32)33)23(14-19)24-15-25(20-8-6-9-22(29)13-20)31(30-24)16-21-7-4-5-10-26(21)34-3/h4-15,18H,16-17H2,1-3H3,(H,32,33). The van der Waals surface area contributed by atoms with E-state index in [4.69, 9.17) is 19.7 Å². The molecule has 7 heteroatoms. The summed E-state index contributed by atoms with van der Waals surface area (Å²) in [6.45, 7) is 4.09. The molecule has 3 aromatic carbocycles. The van der Waals surface area contributed by atoms with Crippen LogP contribution in [0.5, 0.6) is 11.5 Å². The van der Waals surface area contributed by atoms with Crippen LogP contribution in [0.1, 0.15) is 30.9 Å². The Labute approximate surface area is 203 Å². The largest absolute Gasteiger partial charge is 0.496 e. The van der Waals surface area contributed by atoms with Gasteiger partial charge in [0.1, 0.15) is 17.3 Å². The Bertz CT molecular complexity index is 1350. The van der Waals surface area contributed by atoms with Gasteiger partial charge in [-0.05, 0) is 47.9 Å². The van der Waals surface area contributed by atoms with Gasteiger partial charge in [0.25, 0.3) is 0 Å². The molecule has 0 aliphatic carbocycles. The summed E-state index contributed by atoms with van der Waals surface area (Å²) in [4.78, 5) is 11.1. The minimum atomic E-state index is -1.06. The third-order valence-corrected chi connectivity index (χ3v) is 5.71. The Balaban J connectivity index is 1.86. The number of aliphatic carboxylic acids is 1. The van der Waals surface area contributed by atoms with Gasteiger partial charge >= 0.3 is 5.97 Å². The van der Waals surface area contributed by atoms with Crippen molar-refractivity contribution < 1.29 is 23.8 Å². The molecule has 0 atom stereocenters. The highest BCUT2D eigenvalue weighted by Gasteiger charge is 2.18. The number of para-hydroxylation sites is 1. The summed E-state index contributed by atoms with van der Waals surface area (Å²) in [5, 5.41) is 14.0. The van der Waals surface area contributed by atoms with Gasteiger partial charge in [-0.3, -0.25) is 4.68 Å². The number of hydrogen-bond donors (Lipinski definition) is 1. The molecule has 180 valence electrons. The molecule has 0 saturated carbocycles. The van der Waals surface area contributed by atoms with E-state index in [0.717, 1.165) is 16.9 Å². The Kier molecular flexibility index (Phi) is 7.15. The lowest BCUT2D eigenvalue weighted by atomic mass is 9.98. The van der Waals surface area contributed by atoms with Gasteiger partial charge in [0.2, 0.25) is 0 Å². The van der Waals surface area contributed by atoms with Crippen LogP contribution in [-0.2, 0) is 11.3 Å². The molecule has 35 heavy (non-hydrogen) atoms. The number of carboxylic acid groups (broad SMARTS) is 1. The van der Waals surface area contributed by atoms with E-state index >= 15 is 0 Å². The maximum absolute atomic E-state index is 14.1. The third kappa shape index (κ3) is 5.51. The second kappa shape index (κ2) is 10.4. The highest BCUT2D eigenvalue weighted by atomic mass is 19.1. The Hall–Kier alpha value is -4.13. The second-order valence-corrected chi connectivity index (χ2v) is 8.49. The van der Waals surface area contributed by atoms with Gasteiger partial charge in [0.15, 0.2) is 6.61 Å². The Morgan fingerprint density at radius 1 is 1.03 bits per heavy atom. The van der Waals surface area contributed by atoms with Crippen molar-refractivity contribution in [1.29, 1.82) is 0 Å². The minimum Gasteiger partial charge on any atom is -0.496 e. The number of halogens is 1. The second-order valence-electron chi connectivity index (χ2n) is 8.49. The van der Waals surface area contributed by atoms with Crippen LogP contribution < -0.4 is 9.47 Å². The van der Waals surface area contributed by atoms with Crippen LogP contribution in [-0.4, -0.2) is 34.6 Å². The Morgan fingerprint density at radius 3 is 2.54 bits per heavy atom. The number of methoxy groups -OCH3 is 1. The number of aromatic nitrogens is 2. The third-order valence-electron chi connectivity index (χ3n) is 5.71. The molecule has 6 nitrogen and oxygen atoms in total. The van der Waals surface area contributed by atoms with Crippen molar-refractivity contribution in [3.63, 3.8) is 0 Å². The average Bonchev–Trinajstić information content (AvgIpc) is 3.26. The fourth-order valence-corrected chi connectivity index (χ4v) is 3.92. The van der Waals surface area contributed by atoms with Crippen molar-refractivity contribution >= 4 is 5.97 Å². The Morgan fingerprint density at radius 2 is 1.83 bits per heavy atom. The molecule has 0 spiro atoms. The molecule has 0 aliphatic heterocycles. The van der Waals surface area contributed by atoms with E-state index in [1.165, 1.54) is 12.1 Å². The lowest BCUT2D eigenvalue weighted by Gasteiger charge is -2.13. The zero-order chi connectivity index (χ0) is 24.9. The number of nitrogens with zero attached hydrogens (tertiary/aromatic N) is 2. The van der Waals surface area contributed by atoms with Crippen LogP contribution in [0, 0.1) is 5.82 Å². The number of ether oxygens (including phenoxy) is 2. The minimum absolute atomic E-state index is 0.251. The molecule has 0 fully saturated rings. The van der Waals surface area contributed by atoms with E-state index < -0.39 is 12.6 Å². The van der Waals surface area contributed by atoms with E-state index in [2.05, 4.69) is 13.8 Å². The van der Waals surface area contributed by atoms with Crippen molar-refractivity contribution in [1.82, 2.24) is 9.78 Å². The van der Waals surface area contributed by atoms with Gasteiger partial charge in [0, 0.05) is 16.7 Å². The summed E-state index contributed by atoms with van der Waals surface area (Å²) in [6, 6.07) is 21.5. The van der Waals surface area contributed by atoms with E-state index in [9.17, 15) is 9.18 Å². The summed E-state index contributed by atoms with van der Waals surface area (Å²) in [6.07, 6.45) is 0. The van der Waals surface area contributed by atoms with E-state index in [0.29, 0.717) is 34.8 Å².